The van der Waals surface area contributed by atoms with Crippen molar-refractivity contribution in [2.45, 2.75) is 19.8 Å². The molecule has 0 bridgehead atoms. The molecular weight excluding hydrogens is 254 g/mol. The fraction of sp³-hybridized carbons (Fsp3) is 0.188. The molecule has 0 aliphatic heterocycles. The van der Waals surface area contributed by atoms with Crippen molar-refractivity contribution in [3.05, 3.63) is 58.3 Å². The lowest BCUT2D eigenvalue weighted by molar-refractivity contribution is -0.111. The third-order valence-electron chi connectivity index (χ3n) is 2.76. The van der Waals surface area contributed by atoms with E-state index in [9.17, 15) is 4.79 Å². The van der Waals surface area contributed by atoms with Gasteiger partial charge in [-0.3, -0.25) is 4.79 Å². The van der Waals surface area contributed by atoms with Crippen molar-refractivity contribution in [1.82, 2.24) is 0 Å². The number of thiophene rings is 1. The van der Waals surface area contributed by atoms with Gasteiger partial charge in [-0.1, -0.05) is 32.0 Å². The quantitative estimate of drug-likeness (QED) is 0.814. The lowest BCUT2D eigenvalue weighted by Gasteiger charge is -2.08. The number of carbonyl (C=O) groups excluding carboxylic acids is 1. The van der Waals surface area contributed by atoms with Gasteiger partial charge in [-0.25, -0.2) is 0 Å². The van der Waals surface area contributed by atoms with Crippen LogP contribution >= 0.6 is 11.3 Å². The first-order valence-electron chi connectivity index (χ1n) is 6.27. The molecule has 0 aliphatic carbocycles. The molecule has 98 valence electrons. The zero-order valence-electron chi connectivity index (χ0n) is 11.1. The van der Waals surface area contributed by atoms with Crippen LogP contribution in [0.5, 0.6) is 0 Å². The van der Waals surface area contributed by atoms with Gasteiger partial charge in [0.1, 0.15) is 0 Å². The Morgan fingerprint density at radius 2 is 2.11 bits per heavy atom. The molecule has 0 spiro atoms. The van der Waals surface area contributed by atoms with Gasteiger partial charge in [-0.05, 0) is 41.1 Å². The molecule has 1 N–H and O–H groups in total. The van der Waals surface area contributed by atoms with Crippen LogP contribution in [-0.4, -0.2) is 5.91 Å². The second-order valence-electron chi connectivity index (χ2n) is 4.62. The number of carbonyl (C=O) groups is 1. The van der Waals surface area contributed by atoms with Crippen LogP contribution < -0.4 is 5.32 Å². The number of anilines is 1. The normalized spacial score (nSPS) is 11.1. The van der Waals surface area contributed by atoms with E-state index in [1.807, 2.05) is 41.8 Å². The Morgan fingerprint density at radius 3 is 2.79 bits per heavy atom. The van der Waals surface area contributed by atoms with Crippen LogP contribution in [0.1, 0.15) is 30.2 Å². The van der Waals surface area contributed by atoms with Crippen molar-refractivity contribution in [3.8, 4) is 0 Å². The molecule has 1 aromatic heterocycles. The lowest BCUT2D eigenvalue weighted by Crippen LogP contribution is -2.07. The maximum Gasteiger partial charge on any atom is 0.248 e. The van der Waals surface area contributed by atoms with Crippen molar-refractivity contribution in [3.63, 3.8) is 0 Å². The lowest BCUT2D eigenvalue weighted by atomic mass is 10.0. The molecule has 0 saturated carbocycles. The van der Waals surface area contributed by atoms with Crippen LogP contribution in [0, 0.1) is 0 Å². The molecular formula is C16H17NOS. The van der Waals surface area contributed by atoms with Crippen LogP contribution in [0.15, 0.2) is 47.9 Å². The second kappa shape index (κ2) is 6.34. The molecule has 0 radical (unpaired) electrons. The van der Waals surface area contributed by atoms with Gasteiger partial charge in [0.2, 0.25) is 5.91 Å². The first kappa shape index (κ1) is 13.6. The van der Waals surface area contributed by atoms with E-state index in [4.69, 9.17) is 0 Å². The highest BCUT2D eigenvalue weighted by atomic mass is 32.1. The largest absolute Gasteiger partial charge is 0.323 e. The van der Waals surface area contributed by atoms with Gasteiger partial charge >= 0.3 is 0 Å². The number of nitrogens with one attached hydrogen (secondary N) is 1. The minimum absolute atomic E-state index is 0.102. The van der Waals surface area contributed by atoms with Crippen LogP contribution in [-0.2, 0) is 4.79 Å². The zero-order valence-corrected chi connectivity index (χ0v) is 11.9. The van der Waals surface area contributed by atoms with Crippen LogP contribution in [0.2, 0.25) is 0 Å². The molecule has 1 amide bonds. The summed E-state index contributed by atoms with van der Waals surface area (Å²) in [4.78, 5) is 12.9. The number of hydrogen-bond donors (Lipinski definition) is 1. The summed E-state index contributed by atoms with van der Waals surface area (Å²) in [6, 6.07) is 11.9. The van der Waals surface area contributed by atoms with Crippen LogP contribution in [0.3, 0.4) is 0 Å². The van der Waals surface area contributed by atoms with Crippen molar-refractivity contribution in [1.29, 1.82) is 0 Å². The minimum Gasteiger partial charge on any atom is -0.323 e. The van der Waals surface area contributed by atoms with E-state index in [2.05, 4.69) is 25.2 Å². The summed E-state index contributed by atoms with van der Waals surface area (Å²) in [5, 5.41) is 4.87. The zero-order chi connectivity index (χ0) is 13.7. The maximum atomic E-state index is 11.8. The molecule has 0 unspecified atom stereocenters. The van der Waals surface area contributed by atoms with E-state index in [1.54, 1.807) is 17.4 Å². The maximum absolute atomic E-state index is 11.8. The highest BCUT2D eigenvalue weighted by Gasteiger charge is 2.02. The van der Waals surface area contributed by atoms with E-state index < -0.39 is 0 Å². The van der Waals surface area contributed by atoms with Gasteiger partial charge in [0, 0.05) is 16.6 Å². The first-order valence-corrected chi connectivity index (χ1v) is 7.15. The highest BCUT2D eigenvalue weighted by Crippen LogP contribution is 2.18. The topological polar surface area (TPSA) is 29.1 Å². The Balaban J connectivity index is 2.01. The van der Waals surface area contributed by atoms with E-state index in [1.165, 1.54) is 5.56 Å². The Bertz CT molecular complexity index is 570. The predicted molar refractivity (Wildman–Crippen MR) is 82.5 cm³/mol. The summed E-state index contributed by atoms with van der Waals surface area (Å²) < 4.78 is 0. The molecule has 0 fully saturated rings. The van der Waals surface area contributed by atoms with E-state index in [0.717, 1.165) is 10.6 Å². The standard InChI is InChI=1S/C16H17NOS/c1-12(2)13-5-3-6-14(11-13)17-16(18)9-8-15-7-4-10-19-15/h3-12H,1-2H3,(H,17,18)/b9-8+. The number of amides is 1. The third kappa shape index (κ3) is 4.07. The number of rotatable bonds is 4. The fourth-order valence-corrected chi connectivity index (χ4v) is 2.32. The first-order chi connectivity index (χ1) is 9.15. The summed E-state index contributed by atoms with van der Waals surface area (Å²) in [5.41, 5.74) is 2.06. The molecule has 0 saturated heterocycles. The van der Waals surface area contributed by atoms with Gasteiger partial charge in [-0.2, -0.15) is 0 Å². The second-order valence-corrected chi connectivity index (χ2v) is 5.60. The van der Waals surface area contributed by atoms with Gasteiger partial charge in [0.25, 0.3) is 0 Å². The molecule has 1 aromatic carbocycles. The SMILES string of the molecule is CC(C)c1cccc(NC(=O)/C=C/c2cccs2)c1. The molecule has 2 nitrogen and oxygen atoms in total. The van der Waals surface area contributed by atoms with Crippen molar-refractivity contribution < 1.29 is 4.79 Å². The molecule has 2 rings (SSSR count). The monoisotopic (exact) mass is 271 g/mol. The van der Waals surface area contributed by atoms with E-state index in [0.29, 0.717) is 5.92 Å². The smallest absolute Gasteiger partial charge is 0.248 e. The van der Waals surface area contributed by atoms with Crippen molar-refractivity contribution in [2.24, 2.45) is 0 Å². The summed E-state index contributed by atoms with van der Waals surface area (Å²) in [5.74, 6) is 0.354. The average molecular weight is 271 g/mol. The Hall–Kier alpha value is -1.87. The highest BCUT2D eigenvalue weighted by molar-refractivity contribution is 7.10. The predicted octanol–water partition coefficient (Wildman–Crippen LogP) is 4.52. The molecule has 2 aromatic rings. The summed E-state index contributed by atoms with van der Waals surface area (Å²) in [7, 11) is 0. The van der Waals surface area contributed by atoms with E-state index in [-0.39, 0.29) is 5.91 Å². The van der Waals surface area contributed by atoms with Crippen molar-refractivity contribution >= 4 is 29.0 Å². The molecule has 0 atom stereocenters. The van der Waals surface area contributed by atoms with Crippen LogP contribution in [0.25, 0.3) is 6.08 Å². The molecule has 0 aliphatic rings. The van der Waals surface area contributed by atoms with Crippen LogP contribution in [0.4, 0.5) is 5.69 Å². The van der Waals surface area contributed by atoms with Gasteiger partial charge in [0.05, 0.1) is 0 Å². The molecule has 3 heteroatoms. The van der Waals surface area contributed by atoms with Gasteiger partial charge in [-0.15, -0.1) is 11.3 Å². The Labute approximate surface area is 117 Å². The number of benzene rings is 1. The minimum atomic E-state index is -0.102. The average Bonchev–Trinajstić information content (AvgIpc) is 2.90. The fourth-order valence-electron chi connectivity index (χ4n) is 1.70. The van der Waals surface area contributed by atoms with E-state index >= 15 is 0 Å². The molecule has 1 heterocycles. The van der Waals surface area contributed by atoms with Gasteiger partial charge in [0.15, 0.2) is 0 Å². The summed E-state index contributed by atoms with van der Waals surface area (Å²) in [6.07, 6.45) is 3.39. The number of hydrogen-bond acceptors (Lipinski definition) is 2. The molecule has 19 heavy (non-hydrogen) atoms. The Kier molecular flexibility index (Phi) is 4.53. The van der Waals surface area contributed by atoms with Crippen molar-refractivity contribution in [2.75, 3.05) is 5.32 Å². The summed E-state index contributed by atoms with van der Waals surface area (Å²) >= 11 is 1.61. The third-order valence-corrected chi connectivity index (χ3v) is 3.60. The van der Waals surface area contributed by atoms with Gasteiger partial charge < -0.3 is 5.32 Å². The summed E-state index contributed by atoms with van der Waals surface area (Å²) in [6.45, 7) is 4.27. The Morgan fingerprint density at radius 1 is 1.26 bits per heavy atom.